The zero-order chi connectivity index (χ0) is 16.8. The lowest BCUT2D eigenvalue weighted by molar-refractivity contribution is -0.118. The number of hydrogen-bond acceptors (Lipinski definition) is 6. The second kappa shape index (κ2) is 8.02. The number of amides is 1. The van der Waals surface area contributed by atoms with Crippen LogP contribution in [0, 0.1) is 5.82 Å². The molecule has 3 rings (SSSR count). The fourth-order valence-corrected chi connectivity index (χ4v) is 3.33. The molecule has 0 fully saturated rings. The number of benzene rings is 1. The Bertz CT molecular complexity index is 789. The number of carbonyl (C=O) groups excluding carboxylic acids is 1. The van der Waals surface area contributed by atoms with Crippen LogP contribution in [-0.2, 0) is 17.9 Å². The summed E-state index contributed by atoms with van der Waals surface area (Å²) in [5.74, 6) is -0.209. The van der Waals surface area contributed by atoms with Crippen LogP contribution in [0.1, 0.15) is 10.4 Å². The number of hydrogen-bond donors (Lipinski definition) is 1. The topological polar surface area (TPSA) is 72.7 Å². The molecule has 0 aliphatic rings. The summed E-state index contributed by atoms with van der Waals surface area (Å²) in [7, 11) is 0. The molecule has 0 aliphatic carbocycles. The van der Waals surface area contributed by atoms with Crippen LogP contribution in [0.15, 0.2) is 46.9 Å². The van der Waals surface area contributed by atoms with E-state index in [1.807, 2.05) is 17.5 Å². The average Bonchev–Trinajstić information content (AvgIpc) is 3.25. The van der Waals surface area contributed by atoms with Crippen molar-refractivity contribution in [2.24, 2.45) is 0 Å². The highest BCUT2D eigenvalue weighted by atomic mass is 32.2. The molecule has 2 aromatic heterocycles. The number of nitrogens with zero attached hydrogens (tertiary/aromatic N) is 4. The van der Waals surface area contributed by atoms with Crippen LogP contribution in [0.4, 0.5) is 4.39 Å². The molecule has 2 heterocycles. The van der Waals surface area contributed by atoms with Gasteiger partial charge < -0.3 is 5.32 Å². The van der Waals surface area contributed by atoms with Gasteiger partial charge in [-0.15, -0.1) is 16.4 Å². The van der Waals surface area contributed by atoms with E-state index < -0.39 is 0 Å². The number of carbonyl (C=O) groups is 1. The van der Waals surface area contributed by atoms with E-state index in [1.165, 1.54) is 23.9 Å². The Morgan fingerprint density at radius 3 is 2.88 bits per heavy atom. The van der Waals surface area contributed by atoms with E-state index in [4.69, 9.17) is 0 Å². The van der Waals surface area contributed by atoms with Gasteiger partial charge in [0.25, 0.3) is 0 Å². The fourth-order valence-electron chi connectivity index (χ4n) is 1.93. The van der Waals surface area contributed by atoms with E-state index in [1.54, 1.807) is 28.2 Å². The molecule has 24 heavy (non-hydrogen) atoms. The maximum atomic E-state index is 12.8. The second-order valence-electron chi connectivity index (χ2n) is 4.89. The van der Waals surface area contributed by atoms with Crippen molar-refractivity contribution < 1.29 is 9.18 Å². The summed E-state index contributed by atoms with van der Waals surface area (Å²) in [4.78, 5) is 13.1. The Balaban J connectivity index is 1.48. The average molecular weight is 363 g/mol. The minimum atomic E-state index is -0.293. The van der Waals surface area contributed by atoms with Gasteiger partial charge in [0.05, 0.1) is 12.3 Å². The van der Waals surface area contributed by atoms with Gasteiger partial charge in [0.15, 0.2) is 0 Å². The van der Waals surface area contributed by atoms with Gasteiger partial charge in [0.2, 0.25) is 11.1 Å². The first-order valence-electron chi connectivity index (χ1n) is 7.13. The minimum Gasteiger partial charge on any atom is -0.351 e. The SMILES string of the molecule is O=C(CSc1nnnn1Cc1cccs1)NCc1ccc(F)cc1. The summed E-state index contributed by atoms with van der Waals surface area (Å²) in [6.45, 7) is 0.948. The first-order valence-corrected chi connectivity index (χ1v) is 9.00. The Morgan fingerprint density at radius 2 is 2.12 bits per heavy atom. The third kappa shape index (κ3) is 4.62. The first-order chi connectivity index (χ1) is 11.7. The predicted octanol–water partition coefficient (Wildman–Crippen LogP) is 2.33. The Hall–Kier alpha value is -2.26. The van der Waals surface area contributed by atoms with Crippen LogP contribution < -0.4 is 5.32 Å². The molecule has 0 radical (unpaired) electrons. The second-order valence-corrected chi connectivity index (χ2v) is 6.87. The van der Waals surface area contributed by atoms with Crippen LogP contribution in [0.3, 0.4) is 0 Å². The number of rotatable bonds is 7. The maximum absolute atomic E-state index is 12.8. The van der Waals surface area contributed by atoms with Crippen molar-refractivity contribution in [1.29, 1.82) is 0 Å². The normalized spacial score (nSPS) is 10.7. The molecule has 1 aromatic carbocycles. The number of thioether (sulfide) groups is 1. The monoisotopic (exact) mass is 363 g/mol. The van der Waals surface area contributed by atoms with Gasteiger partial charge >= 0.3 is 0 Å². The molecule has 1 amide bonds. The molecule has 0 atom stereocenters. The van der Waals surface area contributed by atoms with Crippen molar-refractivity contribution in [3.05, 3.63) is 58.0 Å². The summed E-state index contributed by atoms with van der Waals surface area (Å²) in [5, 5.41) is 16.9. The Labute approximate surface area is 146 Å². The standard InChI is InChI=1S/C15H14FN5OS2/c16-12-5-3-11(4-6-12)8-17-14(22)10-24-15-18-19-20-21(15)9-13-2-1-7-23-13/h1-7H,8-10H2,(H,17,22). The molecule has 0 saturated carbocycles. The maximum Gasteiger partial charge on any atom is 0.230 e. The zero-order valence-electron chi connectivity index (χ0n) is 12.6. The lowest BCUT2D eigenvalue weighted by Crippen LogP contribution is -2.24. The van der Waals surface area contributed by atoms with Crippen LogP contribution >= 0.6 is 23.1 Å². The molecule has 9 heteroatoms. The molecule has 3 aromatic rings. The fraction of sp³-hybridized carbons (Fsp3) is 0.200. The number of aromatic nitrogens is 4. The lowest BCUT2D eigenvalue weighted by Gasteiger charge is -2.05. The summed E-state index contributed by atoms with van der Waals surface area (Å²) in [6.07, 6.45) is 0. The van der Waals surface area contributed by atoms with Gasteiger partial charge in [-0.1, -0.05) is 30.0 Å². The van der Waals surface area contributed by atoms with E-state index in [0.29, 0.717) is 18.2 Å². The van der Waals surface area contributed by atoms with Crippen molar-refractivity contribution >= 4 is 29.0 Å². The van der Waals surface area contributed by atoms with E-state index in [0.717, 1.165) is 10.4 Å². The van der Waals surface area contributed by atoms with E-state index in [2.05, 4.69) is 20.8 Å². The third-order valence-corrected chi connectivity index (χ3v) is 4.94. The lowest BCUT2D eigenvalue weighted by atomic mass is 10.2. The molecular formula is C15H14FN5OS2. The Kier molecular flexibility index (Phi) is 5.55. The highest BCUT2D eigenvalue weighted by molar-refractivity contribution is 7.99. The molecule has 0 aliphatic heterocycles. The summed E-state index contributed by atoms with van der Waals surface area (Å²) in [6, 6.07) is 10.0. The molecule has 0 bridgehead atoms. The zero-order valence-corrected chi connectivity index (χ0v) is 14.2. The van der Waals surface area contributed by atoms with Crippen molar-refractivity contribution in [2.75, 3.05) is 5.75 Å². The van der Waals surface area contributed by atoms with E-state index >= 15 is 0 Å². The van der Waals surface area contributed by atoms with Crippen LogP contribution in [0.2, 0.25) is 0 Å². The van der Waals surface area contributed by atoms with Gasteiger partial charge in [0, 0.05) is 11.4 Å². The van der Waals surface area contributed by atoms with Gasteiger partial charge in [-0.05, 0) is 39.6 Å². The largest absolute Gasteiger partial charge is 0.351 e. The number of halogens is 1. The quantitative estimate of drug-likeness (QED) is 0.652. The molecule has 0 unspecified atom stereocenters. The highest BCUT2D eigenvalue weighted by Crippen LogP contribution is 2.16. The van der Waals surface area contributed by atoms with Crippen LogP contribution in [0.5, 0.6) is 0 Å². The number of nitrogens with one attached hydrogen (secondary N) is 1. The first kappa shape index (κ1) is 16.6. The highest BCUT2D eigenvalue weighted by Gasteiger charge is 2.10. The minimum absolute atomic E-state index is 0.130. The van der Waals surface area contributed by atoms with Gasteiger partial charge in [-0.3, -0.25) is 4.79 Å². The molecule has 124 valence electrons. The molecule has 1 N–H and O–H groups in total. The van der Waals surface area contributed by atoms with Crippen molar-refractivity contribution in [2.45, 2.75) is 18.2 Å². The Morgan fingerprint density at radius 1 is 1.29 bits per heavy atom. The van der Waals surface area contributed by atoms with E-state index in [9.17, 15) is 9.18 Å². The van der Waals surface area contributed by atoms with Crippen molar-refractivity contribution in [3.63, 3.8) is 0 Å². The smallest absolute Gasteiger partial charge is 0.230 e. The van der Waals surface area contributed by atoms with Crippen molar-refractivity contribution in [3.8, 4) is 0 Å². The summed E-state index contributed by atoms with van der Waals surface area (Å²) >= 11 is 2.91. The van der Waals surface area contributed by atoms with Gasteiger partial charge in [-0.2, -0.15) is 0 Å². The summed E-state index contributed by atoms with van der Waals surface area (Å²) < 4.78 is 14.5. The van der Waals surface area contributed by atoms with Gasteiger partial charge in [0.1, 0.15) is 5.82 Å². The molecule has 6 nitrogen and oxygen atoms in total. The predicted molar refractivity (Wildman–Crippen MR) is 90.2 cm³/mol. The summed E-state index contributed by atoms with van der Waals surface area (Å²) in [5.41, 5.74) is 0.845. The molecular weight excluding hydrogens is 349 g/mol. The van der Waals surface area contributed by atoms with Gasteiger partial charge in [-0.25, -0.2) is 9.07 Å². The number of thiophene rings is 1. The van der Waals surface area contributed by atoms with Crippen LogP contribution in [0.25, 0.3) is 0 Å². The molecule has 0 spiro atoms. The van der Waals surface area contributed by atoms with Crippen LogP contribution in [-0.4, -0.2) is 31.9 Å². The molecule has 0 saturated heterocycles. The third-order valence-electron chi connectivity index (χ3n) is 3.12. The van der Waals surface area contributed by atoms with E-state index in [-0.39, 0.29) is 17.5 Å². The van der Waals surface area contributed by atoms with Crippen molar-refractivity contribution in [1.82, 2.24) is 25.5 Å². The number of tetrazole rings is 1.